The Morgan fingerprint density at radius 2 is 0.520 bits per heavy atom. The number of aliphatic hydroxyl groups excluding tert-OH is 4. The van der Waals surface area contributed by atoms with Crippen LogP contribution in [0, 0.1) is 0 Å². The van der Waals surface area contributed by atoms with Crippen molar-refractivity contribution in [3.63, 3.8) is 0 Å². The molecule has 50 heavy (non-hydrogen) atoms. The van der Waals surface area contributed by atoms with Crippen LogP contribution in [0.4, 0.5) is 0 Å². The van der Waals surface area contributed by atoms with E-state index in [0.717, 1.165) is 22.3 Å². The van der Waals surface area contributed by atoms with Crippen molar-refractivity contribution in [2.24, 2.45) is 20.0 Å². The van der Waals surface area contributed by atoms with E-state index >= 15 is 0 Å². The minimum absolute atomic E-state index is 0. The van der Waals surface area contributed by atoms with Crippen molar-refractivity contribution >= 4 is 24.3 Å². The molecule has 0 fully saturated rings. The third-order valence-corrected chi connectivity index (χ3v) is 7.28. The molecule has 0 amide bonds. The van der Waals surface area contributed by atoms with Gasteiger partial charge in [-0.15, -0.1) is 0 Å². The fourth-order valence-corrected chi connectivity index (χ4v) is 4.83. The summed E-state index contributed by atoms with van der Waals surface area (Å²) in [5, 5.41) is 35.6. The van der Waals surface area contributed by atoms with Crippen LogP contribution in [0.3, 0.4) is 0 Å². The van der Waals surface area contributed by atoms with Gasteiger partial charge in [0.25, 0.3) is 0 Å². The first kappa shape index (κ1) is 39.6. The maximum atomic E-state index is 8.89. The van der Waals surface area contributed by atoms with Crippen LogP contribution in [-0.2, 0) is 57.9 Å². The summed E-state index contributed by atoms with van der Waals surface area (Å²) in [6.45, 7) is 1.76. The first-order chi connectivity index (χ1) is 23.4. The molecule has 8 rings (SSSR count). The smallest absolute Gasteiger partial charge is 0.381 e. The first-order valence-electron chi connectivity index (χ1n) is 15.2. The van der Waals surface area contributed by atoms with Crippen molar-refractivity contribution in [3.8, 4) is 0 Å². The van der Waals surface area contributed by atoms with E-state index in [1.54, 1.807) is 0 Å². The Kier molecular flexibility index (Phi) is 16.4. The quantitative estimate of drug-likeness (QED) is 0.165. The molecule has 0 saturated carbocycles. The molecule has 12 nitrogen and oxygen atoms in total. The summed E-state index contributed by atoms with van der Waals surface area (Å²) in [6.07, 6.45) is -0.819. The van der Waals surface area contributed by atoms with E-state index in [1.165, 1.54) is 0 Å². The average Bonchev–Trinajstić information content (AvgIpc) is 3.97. The minimum Gasteiger partial charge on any atom is -0.466 e. The van der Waals surface area contributed by atoms with Crippen LogP contribution in [0.1, 0.15) is 46.4 Å². The molecular weight excluding hydrogens is 822 g/mol. The molecule has 4 N–H and O–H groups in total. The van der Waals surface area contributed by atoms with Crippen molar-refractivity contribution < 1.29 is 78.3 Å². The van der Waals surface area contributed by atoms with E-state index in [-0.39, 0.29) is 87.5 Å². The topological polar surface area (TPSA) is 167 Å². The zero-order valence-corrected chi connectivity index (χ0v) is 29.8. The number of aliphatic hydroxyl groups is 4. The molecule has 0 aliphatic carbocycles. The van der Waals surface area contributed by atoms with Crippen LogP contribution in [-0.4, -0.2) is 71.2 Å². The van der Waals surface area contributed by atoms with Gasteiger partial charge in [0.2, 0.25) is 0 Å². The normalized spacial score (nSPS) is 20.8. The van der Waals surface area contributed by atoms with Crippen LogP contribution in [0.25, 0.3) is 0 Å². The van der Waals surface area contributed by atoms with Gasteiger partial charge in [0.05, 0.1) is 0 Å². The van der Waals surface area contributed by atoms with E-state index in [1.807, 2.05) is 121 Å². The van der Waals surface area contributed by atoms with Crippen molar-refractivity contribution in [1.29, 1.82) is 0 Å². The van der Waals surface area contributed by atoms with Crippen molar-refractivity contribution in [2.75, 3.05) is 26.4 Å². The second kappa shape index (κ2) is 20.7. The molecular formula is C36H36N4O8Rh2. The van der Waals surface area contributed by atoms with E-state index in [0.29, 0.717) is 26.4 Å². The van der Waals surface area contributed by atoms with Crippen molar-refractivity contribution in [1.82, 2.24) is 0 Å². The Morgan fingerprint density at radius 3 is 0.660 bits per heavy atom. The van der Waals surface area contributed by atoms with Gasteiger partial charge < -0.3 is 39.4 Å². The molecule has 4 heterocycles. The maximum absolute atomic E-state index is 8.89. The molecule has 2 radical (unpaired) electrons. The standard InChI is InChI=1S/4C9H9NO2.2Rh/c4*11-9-10-8(6-12-9)7-4-2-1-3-5-7;;/h4*1-5,8H,6H2,(H,10,11);;/t4*8-;;/m1111../s1. The Hall–Kier alpha value is -4.79. The molecule has 4 aromatic rings. The number of ether oxygens (including phenoxy) is 4. The van der Waals surface area contributed by atoms with Gasteiger partial charge in [-0.1, -0.05) is 121 Å². The number of hydrogen-bond donors (Lipinski definition) is 4. The summed E-state index contributed by atoms with van der Waals surface area (Å²) >= 11 is 0. The molecule has 0 unspecified atom stereocenters. The summed E-state index contributed by atoms with van der Waals surface area (Å²) in [5.74, 6) is 0. The van der Waals surface area contributed by atoms with Crippen LogP contribution in [0.2, 0.25) is 0 Å². The Labute approximate surface area is 315 Å². The van der Waals surface area contributed by atoms with Crippen molar-refractivity contribution in [2.45, 2.75) is 24.2 Å². The van der Waals surface area contributed by atoms with Crippen LogP contribution in [0.5, 0.6) is 0 Å². The molecule has 4 aliphatic rings. The molecule has 266 valence electrons. The number of rotatable bonds is 4. The predicted molar refractivity (Wildman–Crippen MR) is 181 cm³/mol. The summed E-state index contributed by atoms with van der Waals surface area (Å²) in [5.41, 5.74) is 4.28. The van der Waals surface area contributed by atoms with E-state index in [2.05, 4.69) is 20.0 Å². The first-order valence-corrected chi connectivity index (χ1v) is 15.2. The second-order valence-corrected chi connectivity index (χ2v) is 10.6. The van der Waals surface area contributed by atoms with E-state index < -0.39 is 0 Å². The SMILES string of the molecule is OC1=N[C@@H](c2ccccc2)CO1.OC1=N[C@@H](c2ccccc2)CO1.OC1=N[C@@H](c2ccccc2)CO1.OC1=N[C@@H](c2ccccc2)CO1.[Rh].[Rh]. The third kappa shape index (κ3) is 12.3. The molecule has 0 spiro atoms. The van der Waals surface area contributed by atoms with Crippen LogP contribution in [0.15, 0.2) is 141 Å². The Balaban J connectivity index is 0.000000178. The number of aliphatic imine (C=N–C) groups is 4. The maximum Gasteiger partial charge on any atom is 0.381 e. The Bertz CT molecular complexity index is 1440. The largest absolute Gasteiger partial charge is 0.466 e. The summed E-state index contributed by atoms with van der Waals surface area (Å²) in [7, 11) is 0. The van der Waals surface area contributed by atoms with Gasteiger partial charge in [-0.25, -0.2) is 20.0 Å². The van der Waals surface area contributed by atoms with Gasteiger partial charge in [-0.05, 0) is 22.3 Å². The molecule has 14 heteroatoms. The number of nitrogens with zero attached hydrogens (tertiary/aromatic N) is 4. The number of hydrogen-bond acceptors (Lipinski definition) is 8. The zero-order chi connectivity index (χ0) is 33.6. The second-order valence-electron chi connectivity index (χ2n) is 10.6. The van der Waals surface area contributed by atoms with Crippen LogP contribution < -0.4 is 0 Å². The van der Waals surface area contributed by atoms with E-state index in [4.69, 9.17) is 39.4 Å². The predicted octanol–water partition coefficient (Wildman–Crippen LogP) is 6.68. The minimum atomic E-state index is -0.205. The summed E-state index contributed by atoms with van der Waals surface area (Å²) < 4.78 is 19.3. The van der Waals surface area contributed by atoms with Gasteiger partial charge in [0.1, 0.15) is 50.6 Å². The molecule has 0 saturated heterocycles. The summed E-state index contributed by atoms with van der Waals surface area (Å²) in [4.78, 5) is 15.6. The van der Waals surface area contributed by atoms with Gasteiger partial charge >= 0.3 is 24.3 Å². The number of benzene rings is 4. The third-order valence-electron chi connectivity index (χ3n) is 7.28. The van der Waals surface area contributed by atoms with Gasteiger partial charge in [-0.2, -0.15) is 0 Å². The summed E-state index contributed by atoms with van der Waals surface area (Å²) in [6, 6.07) is 38.9. The average molecular weight is 859 g/mol. The van der Waals surface area contributed by atoms with Gasteiger partial charge in [0, 0.05) is 39.0 Å². The molecule has 4 aromatic carbocycles. The monoisotopic (exact) mass is 858 g/mol. The molecule has 4 aliphatic heterocycles. The molecule has 0 bridgehead atoms. The van der Waals surface area contributed by atoms with Crippen LogP contribution >= 0.6 is 0 Å². The fourth-order valence-electron chi connectivity index (χ4n) is 4.83. The fraction of sp³-hybridized carbons (Fsp3) is 0.222. The Morgan fingerprint density at radius 1 is 0.340 bits per heavy atom. The van der Waals surface area contributed by atoms with Crippen molar-refractivity contribution in [3.05, 3.63) is 144 Å². The van der Waals surface area contributed by atoms with E-state index in [9.17, 15) is 0 Å². The zero-order valence-electron chi connectivity index (χ0n) is 26.6. The molecule has 0 aromatic heterocycles. The van der Waals surface area contributed by atoms with Gasteiger partial charge in [-0.3, -0.25) is 0 Å². The molecule has 4 atom stereocenters. The van der Waals surface area contributed by atoms with Gasteiger partial charge in [0.15, 0.2) is 0 Å².